The lowest BCUT2D eigenvalue weighted by molar-refractivity contribution is 0.231. The molecule has 0 aromatic heterocycles. The highest BCUT2D eigenvalue weighted by atomic mass is 16.5. The summed E-state index contributed by atoms with van der Waals surface area (Å²) >= 11 is 0. The first-order valence-corrected chi connectivity index (χ1v) is 11.6. The maximum atomic E-state index is 13.1. The van der Waals surface area contributed by atoms with Crippen LogP contribution in [0.25, 0.3) is 0 Å². The van der Waals surface area contributed by atoms with E-state index in [-0.39, 0.29) is 6.03 Å². The molecule has 2 fully saturated rings. The summed E-state index contributed by atoms with van der Waals surface area (Å²) in [5.41, 5.74) is 3.40. The Labute approximate surface area is 207 Å². The third-order valence-corrected chi connectivity index (χ3v) is 6.29. The Hall–Kier alpha value is -3.85. The van der Waals surface area contributed by atoms with Crippen LogP contribution in [0.3, 0.4) is 0 Å². The number of carbonyl (C=O) groups is 1. The zero-order valence-electron chi connectivity index (χ0n) is 20.9. The van der Waals surface area contributed by atoms with Crippen LogP contribution in [0.4, 0.5) is 21.9 Å². The van der Waals surface area contributed by atoms with E-state index < -0.39 is 0 Å². The zero-order valence-corrected chi connectivity index (χ0v) is 20.9. The lowest BCUT2D eigenvalue weighted by atomic mass is 10.1. The number of nitrogens with zero attached hydrogens (tertiary/aromatic N) is 6. The Balaban J connectivity index is 1.52. The van der Waals surface area contributed by atoms with E-state index in [2.05, 4.69) is 44.8 Å². The van der Waals surface area contributed by atoms with Crippen LogP contribution in [-0.2, 0) is 0 Å². The van der Waals surface area contributed by atoms with Crippen LogP contribution in [0.2, 0.25) is 0 Å². The number of aliphatic imine (C=N–C) groups is 2. The minimum atomic E-state index is -0.174. The first-order valence-electron chi connectivity index (χ1n) is 11.6. The molecule has 0 aliphatic carbocycles. The fourth-order valence-corrected chi connectivity index (χ4v) is 4.20. The highest BCUT2D eigenvalue weighted by molar-refractivity contribution is 6.18. The number of methoxy groups -OCH3 is 1. The number of piperazine rings is 1. The third kappa shape index (κ3) is 5.30. The Bertz CT molecular complexity index is 1140. The van der Waals surface area contributed by atoms with Gasteiger partial charge in [0.1, 0.15) is 11.6 Å². The molecule has 9 nitrogen and oxygen atoms in total. The third-order valence-electron chi connectivity index (χ3n) is 6.29. The normalized spacial score (nSPS) is 18.9. The van der Waals surface area contributed by atoms with Gasteiger partial charge in [-0.3, -0.25) is 14.8 Å². The molecule has 9 heteroatoms. The van der Waals surface area contributed by atoms with E-state index in [9.17, 15) is 4.79 Å². The van der Waals surface area contributed by atoms with E-state index in [4.69, 9.17) is 4.74 Å². The maximum absolute atomic E-state index is 13.1. The summed E-state index contributed by atoms with van der Waals surface area (Å²) in [4.78, 5) is 29.9. The number of para-hydroxylation sites is 1. The summed E-state index contributed by atoms with van der Waals surface area (Å²) in [5, 5.41) is 3.25. The molecule has 2 aromatic carbocycles. The van der Waals surface area contributed by atoms with Crippen molar-refractivity contribution in [3.63, 3.8) is 0 Å². The van der Waals surface area contributed by atoms with Crippen LogP contribution in [0.15, 0.2) is 70.7 Å². The van der Waals surface area contributed by atoms with Gasteiger partial charge in [0.05, 0.1) is 19.3 Å². The number of hydrogen-bond acceptors (Lipinski definition) is 5. The zero-order chi connectivity index (χ0) is 24.9. The Morgan fingerprint density at radius 1 is 1.03 bits per heavy atom. The van der Waals surface area contributed by atoms with Crippen molar-refractivity contribution in [2.24, 2.45) is 9.98 Å². The largest absolute Gasteiger partial charge is 0.494 e. The smallest absolute Gasteiger partial charge is 0.330 e. The number of benzene rings is 2. The SMILES string of the molecule is C=C1CN(c2ccccc2)C(=O)N(C)C1=NC(=NC)Nc1ccc(N2CCN(C)CC2)cc1OC. The predicted octanol–water partition coefficient (Wildman–Crippen LogP) is 3.37. The van der Waals surface area contributed by atoms with Crippen LogP contribution in [0.5, 0.6) is 5.75 Å². The molecule has 0 saturated carbocycles. The lowest BCUT2D eigenvalue weighted by Crippen LogP contribution is -2.52. The number of rotatable bonds is 4. The van der Waals surface area contributed by atoms with Crippen LogP contribution in [-0.4, -0.2) is 88.6 Å². The number of urea groups is 1. The van der Waals surface area contributed by atoms with Crippen molar-refractivity contribution in [3.8, 4) is 5.75 Å². The monoisotopic (exact) mass is 475 g/mol. The van der Waals surface area contributed by atoms with Gasteiger partial charge >= 0.3 is 6.03 Å². The fraction of sp³-hybridized carbons (Fsp3) is 0.346. The first-order chi connectivity index (χ1) is 16.9. The van der Waals surface area contributed by atoms with Gasteiger partial charge in [-0.25, -0.2) is 4.79 Å². The van der Waals surface area contributed by atoms with Crippen molar-refractivity contribution in [1.82, 2.24) is 9.80 Å². The number of hydrogen-bond donors (Lipinski definition) is 1. The molecule has 2 aliphatic rings. The maximum Gasteiger partial charge on any atom is 0.330 e. The number of anilines is 3. The summed E-state index contributed by atoms with van der Waals surface area (Å²) in [7, 11) is 7.14. The predicted molar refractivity (Wildman–Crippen MR) is 143 cm³/mol. The second kappa shape index (κ2) is 10.6. The van der Waals surface area contributed by atoms with E-state index >= 15 is 0 Å². The number of nitrogens with one attached hydrogen (secondary N) is 1. The molecule has 2 aliphatic heterocycles. The molecular weight excluding hydrogens is 442 g/mol. The average molecular weight is 476 g/mol. The van der Waals surface area contributed by atoms with Gasteiger partial charge in [0.2, 0.25) is 5.96 Å². The highest BCUT2D eigenvalue weighted by Crippen LogP contribution is 2.31. The number of amidine groups is 1. The van der Waals surface area contributed by atoms with Crippen molar-refractivity contribution in [2.45, 2.75) is 0 Å². The first kappa shape index (κ1) is 24.3. The Kier molecular flexibility index (Phi) is 7.36. The molecule has 2 heterocycles. The van der Waals surface area contributed by atoms with Crippen molar-refractivity contribution in [1.29, 1.82) is 0 Å². The molecule has 35 heavy (non-hydrogen) atoms. The molecule has 0 spiro atoms. The van der Waals surface area contributed by atoms with Gasteiger partial charge in [-0.05, 0) is 31.3 Å². The van der Waals surface area contributed by atoms with Gasteiger partial charge in [-0.1, -0.05) is 24.8 Å². The second-order valence-corrected chi connectivity index (χ2v) is 8.65. The molecule has 2 aromatic rings. The van der Waals surface area contributed by atoms with Crippen LogP contribution in [0.1, 0.15) is 0 Å². The average Bonchev–Trinajstić information content (AvgIpc) is 2.89. The number of guanidine groups is 1. The van der Waals surface area contributed by atoms with E-state index in [0.717, 1.165) is 48.8 Å². The van der Waals surface area contributed by atoms with Gasteiger partial charge in [0.15, 0.2) is 0 Å². The Morgan fingerprint density at radius 2 is 1.74 bits per heavy atom. The molecule has 0 unspecified atom stereocenters. The molecule has 2 saturated heterocycles. The summed E-state index contributed by atoms with van der Waals surface area (Å²) in [6.45, 7) is 8.54. The summed E-state index contributed by atoms with van der Waals surface area (Å²) < 4.78 is 5.66. The van der Waals surface area contributed by atoms with Crippen LogP contribution < -0.4 is 19.9 Å². The van der Waals surface area contributed by atoms with E-state index in [1.165, 1.54) is 4.90 Å². The number of ether oxygens (including phenoxy) is 1. The minimum Gasteiger partial charge on any atom is -0.494 e. The van der Waals surface area contributed by atoms with Crippen molar-refractivity contribution >= 4 is 34.9 Å². The lowest BCUT2D eigenvalue weighted by Gasteiger charge is -2.35. The molecule has 1 N–H and O–H groups in total. The summed E-state index contributed by atoms with van der Waals surface area (Å²) in [6.07, 6.45) is 0. The van der Waals surface area contributed by atoms with Crippen LogP contribution >= 0.6 is 0 Å². The van der Waals surface area contributed by atoms with Crippen molar-refractivity contribution in [2.75, 3.05) is 76.1 Å². The number of amides is 2. The summed E-state index contributed by atoms with van der Waals surface area (Å²) in [5.74, 6) is 1.54. The molecule has 0 bridgehead atoms. The molecule has 0 radical (unpaired) electrons. The molecule has 184 valence electrons. The van der Waals surface area contributed by atoms with E-state index in [0.29, 0.717) is 24.1 Å². The van der Waals surface area contributed by atoms with Crippen molar-refractivity contribution in [3.05, 3.63) is 60.7 Å². The van der Waals surface area contributed by atoms with E-state index in [1.54, 1.807) is 26.1 Å². The fourth-order valence-electron chi connectivity index (χ4n) is 4.20. The number of likely N-dealkylation sites (N-methyl/N-ethyl adjacent to an activating group) is 2. The Morgan fingerprint density at radius 3 is 2.40 bits per heavy atom. The van der Waals surface area contributed by atoms with E-state index in [1.807, 2.05) is 42.5 Å². The van der Waals surface area contributed by atoms with Gasteiger partial charge in [0.25, 0.3) is 0 Å². The quantitative estimate of drug-likeness (QED) is 0.542. The van der Waals surface area contributed by atoms with Gasteiger partial charge < -0.3 is 19.9 Å². The second-order valence-electron chi connectivity index (χ2n) is 8.65. The van der Waals surface area contributed by atoms with Crippen molar-refractivity contribution < 1.29 is 9.53 Å². The standard InChI is InChI=1S/C26H33N7O2/c1-19-18-33(20-9-7-6-8-10-20)26(34)31(4)24(19)29-25(27-2)28-22-12-11-21(17-23(22)35-5)32-15-13-30(3)14-16-32/h6-12,17H,1,13-16,18H2,2-5H3,(H,27,28). The highest BCUT2D eigenvalue weighted by Gasteiger charge is 2.31. The minimum absolute atomic E-state index is 0.174. The van der Waals surface area contributed by atoms with Gasteiger partial charge in [0, 0.05) is 63.3 Å². The topological polar surface area (TPSA) is 76.0 Å². The molecule has 4 rings (SSSR count). The van der Waals surface area contributed by atoms with Gasteiger partial charge in [-0.15, -0.1) is 0 Å². The number of carbonyl (C=O) groups excluding carboxylic acids is 1. The molecule has 2 amide bonds. The summed E-state index contributed by atoms with van der Waals surface area (Å²) in [6, 6.07) is 15.4. The molecular formula is C26H33N7O2. The van der Waals surface area contributed by atoms with Gasteiger partial charge in [-0.2, -0.15) is 4.99 Å². The molecule has 0 atom stereocenters. The van der Waals surface area contributed by atoms with Crippen LogP contribution in [0, 0.1) is 0 Å².